The molecule has 1 N–H and O–H groups in total. The molecule has 6 heteroatoms. The predicted octanol–water partition coefficient (Wildman–Crippen LogP) is 6.79. The Morgan fingerprint density at radius 1 is 0.972 bits per heavy atom. The molecule has 6 rings (SSSR count). The lowest BCUT2D eigenvalue weighted by Gasteiger charge is -2.24. The van der Waals surface area contributed by atoms with Crippen LogP contribution in [0.25, 0.3) is 0 Å². The summed E-state index contributed by atoms with van der Waals surface area (Å²) in [5.41, 5.74) is 4.83. The number of nitrogens with zero attached hydrogens (tertiary/aromatic N) is 1. The lowest BCUT2D eigenvalue weighted by atomic mass is 9.96. The predicted molar refractivity (Wildman–Crippen MR) is 134 cm³/mol. The number of benzene rings is 3. The maximum absolute atomic E-state index is 13.7. The summed E-state index contributed by atoms with van der Waals surface area (Å²) < 4.78 is 40.6. The van der Waals surface area contributed by atoms with E-state index >= 15 is 0 Å². The quantitative estimate of drug-likeness (QED) is 0.427. The first kappa shape index (κ1) is 23.1. The molecular weight excluding hydrogens is 461 g/mol. The molecule has 3 nitrogen and oxygen atoms in total. The van der Waals surface area contributed by atoms with Crippen LogP contribution in [-0.2, 0) is 23.7 Å². The van der Waals surface area contributed by atoms with Crippen molar-refractivity contribution in [3.63, 3.8) is 0 Å². The highest BCUT2D eigenvalue weighted by molar-refractivity contribution is 6.02. The van der Waals surface area contributed by atoms with Gasteiger partial charge in [-0.15, -0.1) is 0 Å². The van der Waals surface area contributed by atoms with Gasteiger partial charge in [-0.2, -0.15) is 13.2 Å². The van der Waals surface area contributed by atoms with Crippen LogP contribution in [0.4, 0.5) is 18.9 Å². The maximum Gasteiger partial charge on any atom is 0.416 e. The second-order valence-electron chi connectivity index (χ2n) is 10.9. The fraction of sp³-hybridized carbons (Fsp3) is 0.367. The van der Waals surface area contributed by atoms with Crippen molar-refractivity contribution < 1.29 is 18.0 Å². The zero-order valence-electron chi connectivity index (χ0n) is 20.5. The van der Waals surface area contributed by atoms with Crippen LogP contribution in [0.2, 0.25) is 0 Å². The molecule has 1 amide bonds. The number of alkyl halides is 3. The molecule has 0 unspecified atom stereocenters. The topological polar surface area (TPSA) is 32.3 Å². The summed E-state index contributed by atoms with van der Waals surface area (Å²) in [6, 6.07) is 18.7. The Bertz CT molecular complexity index is 1350. The fourth-order valence-corrected chi connectivity index (χ4v) is 5.80. The van der Waals surface area contributed by atoms with Gasteiger partial charge in [0.25, 0.3) is 5.91 Å². The molecule has 3 aromatic rings. The average Bonchev–Trinajstić information content (AvgIpc) is 3.75. The molecule has 3 aromatic carbocycles. The number of fused-ring (bicyclic) bond motifs is 2. The number of carbonyl (C=O) groups excluding carboxylic acids is 1. The molecule has 186 valence electrons. The first-order chi connectivity index (χ1) is 17.1. The monoisotopic (exact) mass is 490 g/mol. The standard InChI is InChI=1S/C30H29F3N2O/c1-19-6-10-22(11-7-19)29(14-15-29)34-27(36)23-4-3-5-24-26(23)35(18-28(24)12-13-28)17-21-9-8-20(2)25(16-21)30(31,32)33/h3-11,16H,12-15,17-18H2,1-2H3,(H,34,36). The molecule has 0 atom stereocenters. The summed E-state index contributed by atoms with van der Waals surface area (Å²) in [5.74, 6) is -0.118. The molecule has 0 radical (unpaired) electrons. The molecule has 0 bridgehead atoms. The Labute approximate surface area is 209 Å². The minimum Gasteiger partial charge on any atom is -0.365 e. The van der Waals surface area contributed by atoms with Crippen molar-refractivity contribution in [3.8, 4) is 0 Å². The number of hydrogen-bond donors (Lipinski definition) is 1. The molecule has 2 aliphatic carbocycles. The van der Waals surface area contributed by atoms with E-state index in [0.717, 1.165) is 49.0 Å². The van der Waals surface area contributed by atoms with Gasteiger partial charge in [-0.05, 0) is 73.9 Å². The van der Waals surface area contributed by atoms with E-state index in [1.54, 1.807) is 12.1 Å². The Hall–Kier alpha value is -3.28. The summed E-state index contributed by atoms with van der Waals surface area (Å²) in [5, 5.41) is 3.30. The number of aryl methyl sites for hydroxylation is 2. The fourth-order valence-electron chi connectivity index (χ4n) is 5.80. The molecule has 1 heterocycles. The van der Waals surface area contributed by atoms with Crippen LogP contribution in [-0.4, -0.2) is 12.5 Å². The number of hydrogen-bond acceptors (Lipinski definition) is 2. The van der Waals surface area contributed by atoms with Gasteiger partial charge in [0.1, 0.15) is 0 Å². The number of nitrogens with one attached hydrogen (secondary N) is 1. The second-order valence-corrected chi connectivity index (χ2v) is 10.9. The number of para-hydroxylation sites is 1. The third-order valence-electron chi connectivity index (χ3n) is 8.20. The second kappa shape index (κ2) is 7.86. The smallest absolute Gasteiger partial charge is 0.365 e. The van der Waals surface area contributed by atoms with E-state index in [1.165, 1.54) is 18.6 Å². The Balaban J connectivity index is 1.32. The molecule has 2 saturated carbocycles. The minimum absolute atomic E-state index is 0.0113. The number of amides is 1. The number of halogens is 3. The van der Waals surface area contributed by atoms with Gasteiger partial charge in [0.05, 0.1) is 22.4 Å². The van der Waals surface area contributed by atoms with Crippen LogP contribution < -0.4 is 10.2 Å². The van der Waals surface area contributed by atoms with Crippen LogP contribution in [0.3, 0.4) is 0 Å². The van der Waals surface area contributed by atoms with Gasteiger partial charge < -0.3 is 10.2 Å². The highest BCUT2D eigenvalue weighted by Crippen LogP contribution is 2.57. The van der Waals surface area contributed by atoms with Crippen LogP contribution in [0, 0.1) is 13.8 Å². The van der Waals surface area contributed by atoms with Crippen LogP contribution in [0.5, 0.6) is 0 Å². The lowest BCUT2D eigenvalue weighted by molar-refractivity contribution is -0.138. The SMILES string of the molecule is Cc1ccc(C2(NC(=O)c3cccc4c3N(Cc3ccc(C)c(C(F)(F)F)c3)CC43CC3)CC2)cc1. The average molecular weight is 491 g/mol. The maximum atomic E-state index is 13.7. The summed E-state index contributed by atoms with van der Waals surface area (Å²) in [4.78, 5) is 15.8. The van der Waals surface area contributed by atoms with E-state index in [9.17, 15) is 18.0 Å². The van der Waals surface area contributed by atoms with Crippen molar-refractivity contribution in [1.82, 2.24) is 5.32 Å². The van der Waals surface area contributed by atoms with Gasteiger partial charge in [-0.3, -0.25) is 4.79 Å². The van der Waals surface area contributed by atoms with Gasteiger partial charge in [0.15, 0.2) is 0 Å². The highest BCUT2D eigenvalue weighted by atomic mass is 19.4. The van der Waals surface area contributed by atoms with Crippen molar-refractivity contribution in [2.75, 3.05) is 11.4 Å². The zero-order chi connectivity index (χ0) is 25.3. The Kier molecular flexibility index (Phi) is 5.05. The van der Waals surface area contributed by atoms with E-state index in [2.05, 4.69) is 40.5 Å². The molecule has 36 heavy (non-hydrogen) atoms. The van der Waals surface area contributed by atoms with Crippen molar-refractivity contribution >= 4 is 11.6 Å². The summed E-state index contributed by atoms with van der Waals surface area (Å²) in [6.07, 6.45) is -0.518. The van der Waals surface area contributed by atoms with E-state index in [0.29, 0.717) is 17.7 Å². The highest BCUT2D eigenvalue weighted by Gasteiger charge is 2.53. The summed E-state index contributed by atoms with van der Waals surface area (Å²) >= 11 is 0. The number of anilines is 1. The van der Waals surface area contributed by atoms with Gasteiger partial charge in [-0.1, -0.05) is 54.1 Å². The molecule has 0 aromatic heterocycles. The zero-order valence-corrected chi connectivity index (χ0v) is 20.5. The van der Waals surface area contributed by atoms with E-state index in [-0.39, 0.29) is 22.4 Å². The van der Waals surface area contributed by atoms with E-state index in [1.807, 2.05) is 19.1 Å². The molecule has 1 aliphatic heterocycles. The molecule has 3 aliphatic rings. The Morgan fingerprint density at radius 2 is 1.69 bits per heavy atom. The van der Waals surface area contributed by atoms with Gasteiger partial charge >= 0.3 is 6.18 Å². The largest absolute Gasteiger partial charge is 0.416 e. The summed E-state index contributed by atoms with van der Waals surface area (Å²) in [6.45, 7) is 4.60. The first-order valence-corrected chi connectivity index (χ1v) is 12.6. The molecule has 1 spiro atoms. The van der Waals surface area contributed by atoms with Crippen molar-refractivity contribution in [2.45, 2.75) is 63.2 Å². The first-order valence-electron chi connectivity index (χ1n) is 12.6. The van der Waals surface area contributed by atoms with E-state index in [4.69, 9.17) is 0 Å². The van der Waals surface area contributed by atoms with Gasteiger partial charge in [-0.25, -0.2) is 0 Å². The molecule has 0 saturated heterocycles. The van der Waals surface area contributed by atoms with Crippen LogP contribution in [0.15, 0.2) is 60.7 Å². The lowest BCUT2D eigenvalue weighted by Crippen LogP contribution is -2.36. The third kappa shape index (κ3) is 3.87. The van der Waals surface area contributed by atoms with Crippen LogP contribution >= 0.6 is 0 Å². The summed E-state index contributed by atoms with van der Waals surface area (Å²) in [7, 11) is 0. The van der Waals surface area contributed by atoms with Crippen LogP contribution in [0.1, 0.15) is 69.4 Å². The number of rotatable bonds is 5. The minimum atomic E-state index is -4.39. The van der Waals surface area contributed by atoms with Gasteiger partial charge in [0.2, 0.25) is 0 Å². The number of carbonyl (C=O) groups is 1. The van der Waals surface area contributed by atoms with E-state index < -0.39 is 11.7 Å². The van der Waals surface area contributed by atoms with Crippen molar-refractivity contribution in [1.29, 1.82) is 0 Å². The van der Waals surface area contributed by atoms with Crippen molar-refractivity contribution in [3.05, 3.63) is 99.6 Å². The molecule has 2 fully saturated rings. The molecular formula is C30H29F3N2O. The third-order valence-corrected chi connectivity index (χ3v) is 8.20. The normalized spacial score (nSPS) is 18.8. The van der Waals surface area contributed by atoms with Gasteiger partial charge in [0, 0.05) is 18.5 Å². The Morgan fingerprint density at radius 3 is 2.33 bits per heavy atom. The van der Waals surface area contributed by atoms with Crippen molar-refractivity contribution in [2.24, 2.45) is 0 Å².